The Hall–Kier alpha value is -4.89. The Kier molecular flexibility index (Phi) is 6.92. The van der Waals surface area contributed by atoms with Gasteiger partial charge in [0.25, 0.3) is 5.91 Å². The first kappa shape index (κ1) is 24.8. The third-order valence-corrected chi connectivity index (χ3v) is 5.97. The van der Waals surface area contributed by atoms with E-state index >= 15 is 4.39 Å². The summed E-state index contributed by atoms with van der Waals surface area (Å²) in [6.07, 6.45) is 4.29. The van der Waals surface area contributed by atoms with Gasteiger partial charge in [-0.25, -0.2) is 14.4 Å². The molecule has 188 valence electrons. The first-order chi connectivity index (χ1) is 18.4. The highest BCUT2D eigenvalue weighted by atomic mass is 35.5. The molecule has 10 heteroatoms. The molecule has 8 nitrogen and oxygen atoms in total. The van der Waals surface area contributed by atoms with Crippen LogP contribution < -0.4 is 10.2 Å². The normalized spacial score (nSPS) is 10.7. The Morgan fingerprint density at radius 2 is 1.74 bits per heavy atom. The molecule has 0 unspecified atom stereocenters. The minimum atomic E-state index is -0.711. The van der Waals surface area contributed by atoms with Crippen LogP contribution in [0.3, 0.4) is 0 Å². The summed E-state index contributed by atoms with van der Waals surface area (Å²) in [5.41, 5.74) is 2.01. The molecule has 0 aliphatic rings. The van der Waals surface area contributed by atoms with Crippen LogP contribution in [-0.4, -0.2) is 26.9 Å². The van der Waals surface area contributed by atoms with Crippen LogP contribution >= 0.6 is 11.6 Å². The third-order valence-electron chi connectivity index (χ3n) is 5.65. The molecule has 5 aromatic rings. The number of para-hydroxylation sites is 1. The van der Waals surface area contributed by atoms with Gasteiger partial charge >= 0.3 is 0 Å². The molecule has 0 saturated heterocycles. The van der Waals surface area contributed by atoms with Crippen molar-refractivity contribution >= 4 is 40.6 Å². The molecule has 1 N–H and O–H groups in total. The zero-order valence-electron chi connectivity index (χ0n) is 19.9. The van der Waals surface area contributed by atoms with E-state index in [2.05, 4.69) is 20.4 Å². The van der Waals surface area contributed by atoms with E-state index < -0.39 is 11.7 Å². The number of aromatic nitrogens is 3. The number of nitrogens with one attached hydrogen (secondary N) is 1. The second-order valence-electron chi connectivity index (χ2n) is 8.15. The van der Waals surface area contributed by atoms with Crippen LogP contribution in [0.2, 0.25) is 5.02 Å². The maximum Gasteiger partial charge on any atom is 0.256 e. The van der Waals surface area contributed by atoms with Crippen molar-refractivity contribution < 1.29 is 18.5 Å². The quantitative estimate of drug-likeness (QED) is 0.269. The fourth-order valence-electron chi connectivity index (χ4n) is 3.93. The van der Waals surface area contributed by atoms with Crippen LogP contribution in [-0.2, 0) is 4.79 Å². The standard InChI is InChI=1S/C28H19ClFN5O3/c1-17(36)35(24-10-6-5-9-22(24)29)25-14-20(19-15-32-38-16-19)21(13-23(25)30)27-31-12-11-26(33-27)34-28(37)18-7-3-2-4-8-18/h2-16H,1H3,(H,31,33,34,37). The third kappa shape index (κ3) is 5.00. The second-order valence-corrected chi connectivity index (χ2v) is 8.56. The Bertz CT molecular complexity index is 1630. The van der Waals surface area contributed by atoms with Crippen molar-refractivity contribution in [1.29, 1.82) is 0 Å². The molecule has 2 heterocycles. The molecule has 5 rings (SSSR count). The first-order valence-electron chi connectivity index (χ1n) is 11.4. The van der Waals surface area contributed by atoms with Crippen LogP contribution in [0.1, 0.15) is 17.3 Å². The molecule has 0 radical (unpaired) electrons. The molecule has 0 atom stereocenters. The fraction of sp³-hybridized carbons (Fsp3) is 0.0357. The van der Waals surface area contributed by atoms with E-state index in [1.54, 1.807) is 48.5 Å². The van der Waals surface area contributed by atoms with E-state index in [-0.39, 0.29) is 28.3 Å². The van der Waals surface area contributed by atoms with E-state index in [0.29, 0.717) is 27.9 Å². The van der Waals surface area contributed by atoms with Crippen LogP contribution in [0.5, 0.6) is 0 Å². The van der Waals surface area contributed by atoms with E-state index in [9.17, 15) is 9.59 Å². The van der Waals surface area contributed by atoms with Gasteiger partial charge in [0.2, 0.25) is 5.91 Å². The number of rotatable bonds is 6. The molecular formula is C28H19ClFN5O3. The van der Waals surface area contributed by atoms with Crippen molar-refractivity contribution in [3.63, 3.8) is 0 Å². The molecule has 0 saturated carbocycles. The Morgan fingerprint density at radius 3 is 2.45 bits per heavy atom. The zero-order chi connectivity index (χ0) is 26.6. The van der Waals surface area contributed by atoms with Gasteiger partial charge in [0, 0.05) is 29.8 Å². The molecule has 0 aliphatic heterocycles. The van der Waals surface area contributed by atoms with Crippen LogP contribution in [0.15, 0.2) is 96.0 Å². The smallest absolute Gasteiger partial charge is 0.256 e. The molecule has 0 spiro atoms. The van der Waals surface area contributed by atoms with E-state index in [0.717, 1.165) is 0 Å². The molecule has 0 bridgehead atoms. The molecule has 2 aromatic heterocycles. The monoisotopic (exact) mass is 527 g/mol. The maximum absolute atomic E-state index is 15.7. The number of anilines is 3. The van der Waals surface area contributed by atoms with Crippen molar-refractivity contribution in [1.82, 2.24) is 15.1 Å². The lowest BCUT2D eigenvalue weighted by molar-refractivity contribution is -0.115. The summed E-state index contributed by atoms with van der Waals surface area (Å²) < 4.78 is 20.7. The lowest BCUT2D eigenvalue weighted by Gasteiger charge is -2.24. The number of carbonyl (C=O) groups excluding carboxylic acids is 2. The second kappa shape index (κ2) is 10.6. The number of hydrogen-bond donors (Lipinski definition) is 1. The Morgan fingerprint density at radius 1 is 0.974 bits per heavy atom. The summed E-state index contributed by atoms with van der Waals surface area (Å²) in [5.74, 6) is -1.14. The highest BCUT2D eigenvalue weighted by Crippen LogP contribution is 2.40. The van der Waals surface area contributed by atoms with Gasteiger partial charge in [-0.05, 0) is 48.0 Å². The van der Waals surface area contributed by atoms with Gasteiger partial charge in [0.1, 0.15) is 17.9 Å². The predicted octanol–water partition coefficient (Wildman–Crippen LogP) is 6.53. The highest BCUT2D eigenvalue weighted by molar-refractivity contribution is 6.34. The van der Waals surface area contributed by atoms with Gasteiger partial charge in [-0.15, -0.1) is 0 Å². The molecular weight excluding hydrogens is 509 g/mol. The van der Waals surface area contributed by atoms with Gasteiger partial charge in [-0.3, -0.25) is 14.5 Å². The lowest BCUT2D eigenvalue weighted by Crippen LogP contribution is -2.24. The predicted molar refractivity (Wildman–Crippen MR) is 142 cm³/mol. The van der Waals surface area contributed by atoms with Crippen LogP contribution in [0, 0.1) is 5.82 Å². The summed E-state index contributed by atoms with van der Waals surface area (Å²) in [5, 5.41) is 6.77. The number of halogens is 2. The molecule has 2 amide bonds. The average molecular weight is 528 g/mol. The van der Waals surface area contributed by atoms with Gasteiger partial charge in [-0.2, -0.15) is 0 Å². The van der Waals surface area contributed by atoms with Crippen molar-refractivity contribution in [3.8, 4) is 22.5 Å². The molecule has 0 fully saturated rings. The van der Waals surface area contributed by atoms with Crippen LogP contribution in [0.4, 0.5) is 21.6 Å². The summed E-state index contributed by atoms with van der Waals surface area (Å²) >= 11 is 6.34. The minimum Gasteiger partial charge on any atom is -0.364 e. The average Bonchev–Trinajstić information content (AvgIpc) is 3.46. The number of amides is 2. The molecule has 3 aromatic carbocycles. The fourth-order valence-corrected chi connectivity index (χ4v) is 4.15. The van der Waals surface area contributed by atoms with Crippen molar-refractivity contribution in [2.45, 2.75) is 6.92 Å². The van der Waals surface area contributed by atoms with Gasteiger partial charge < -0.3 is 9.84 Å². The number of benzene rings is 3. The van der Waals surface area contributed by atoms with Gasteiger partial charge in [0.05, 0.1) is 22.6 Å². The largest absolute Gasteiger partial charge is 0.364 e. The molecule has 38 heavy (non-hydrogen) atoms. The van der Waals surface area contributed by atoms with Gasteiger partial charge in [-0.1, -0.05) is 47.1 Å². The lowest BCUT2D eigenvalue weighted by atomic mass is 9.99. The van der Waals surface area contributed by atoms with Gasteiger partial charge in [0.15, 0.2) is 5.82 Å². The Labute approximate surface area is 221 Å². The topological polar surface area (TPSA) is 101 Å². The molecule has 0 aliphatic carbocycles. The Balaban J connectivity index is 1.61. The SMILES string of the molecule is CC(=O)N(c1cc(-c2cnoc2)c(-c2nccc(NC(=O)c3ccccc3)n2)cc1F)c1ccccc1Cl. The maximum atomic E-state index is 15.7. The van der Waals surface area contributed by atoms with E-state index in [1.807, 2.05) is 6.07 Å². The summed E-state index contributed by atoms with van der Waals surface area (Å²) in [6.45, 7) is 1.32. The van der Waals surface area contributed by atoms with Crippen molar-refractivity contribution in [3.05, 3.63) is 108 Å². The summed E-state index contributed by atoms with van der Waals surface area (Å²) in [7, 11) is 0. The van der Waals surface area contributed by atoms with E-state index in [1.165, 1.54) is 48.7 Å². The summed E-state index contributed by atoms with van der Waals surface area (Å²) in [4.78, 5) is 35.2. The van der Waals surface area contributed by atoms with Crippen molar-refractivity contribution in [2.75, 3.05) is 10.2 Å². The van der Waals surface area contributed by atoms with E-state index in [4.69, 9.17) is 16.1 Å². The van der Waals surface area contributed by atoms with Crippen LogP contribution in [0.25, 0.3) is 22.5 Å². The zero-order valence-corrected chi connectivity index (χ0v) is 20.7. The number of hydrogen-bond acceptors (Lipinski definition) is 6. The minimum absolute atomic E-state index is 0.0286. The summed E-state index contributed by atoms with van der Waals surface area (Å²) in [6, 6.07) is 19.6. The first-order valence-corrected chi connectivity index (χ1v) is 11.8. The number of nitrogens with zero attached hydrogens (tertiary/aromatic N) is 4. The van der Waals surface area contributed by atoms with Crippen molar-refractivity contribution in [2.24, 2.45) is 0 Å². The highest BCUT2D eigenvalue weighted by Gasteiger charge is 2.24. The number of carbonyl (C=O) groups is 2.